The molecule has 3 rings (SSSR count). The zero-order chi connectivity index (χ0) is 11.7. The summed E-state index contributed by atoms with van der Waals surface area (Å²) in [7, 11) is 2.26. The maximum atomic E-state index is 3.72. The van der Waals surface area contributed by atoms with Gasteiger partial charge in [0.15, 0.2) is 0 Å². The van der Waals surface area contributed by atoms with Crippen molar-refractivity contribution in [2.45, 2.75) is 56.7 Å². The van der Waals surface area contributed by atoms with Gasteiger partial charge in [0.2, 0.25) is 0 Å². The second-order valence-corrected chi connectivity index (χ2v) is 6.18. The van der Waals surface area contributed by atoms with E-state index in [2.05, 4.69) is 22.2 Å². The van der Waals surface area contributed by atoms with E-state index in [0.29, 0.717) is 0 Å². The van der Waals surface area contributed by atoms with Gasteiger partial charge < -0.3 is 10.2 Å². The second-order valence-electron chi connectivity index (χ2n) is 6.18. The molecule has 0 aromatic rings. The molecule has 0 bridgehead atoms. The van der Waals surface area contributed by atoms with Gasteiger partial charge in [0, 0.05) is 18.1 Å². The van der Waals surface area contributed by atoms with Crippen LogP contribution in [0.15, 0.2) is 0 Å². The van der Waals surface area contributed by atoms with Crippen LogP contribution in [0.25, 0.3) is 0 Å². The van der Waals surface area contributed by atoms with Gasteiger partial charge in [-0.2, -0.15) is 0 Å². The van der Waals surface area contributed by atoms with Crippen molar-refractivity contribution in [3.63, 3.8) is 0 Å². The predicted molar refractivity (Wildman–Crippen MR) is 71.3 cm³/mol. The van der Waals surface area contributed by atoms with Crippen molar-refractivity contribution in [3.05, 3.63) is 0 Å². The van der Waals surface area contributed by atoms with Crippen LogP contribution >= 0.6 is 0 Å². The highest BCUT2D eigenvalue weighted by atomic mass is 15.3. The molecule has 3 aliphatic heterocycles. The molecule has 2 unspecified atom stereocenters. The summed E-state index contributed by atoms with van der Waals surface area (Å²) < 4.78 is 0. The summed E-state index contributed by atoms with van der Waals surface area (Å²) in [6.07, 6.45) is 8.44. The van der Waals surface area contributed by atoms with Crippen molar-refractivity contribution in [3.8, 4) is 0 Å². The van der Waals surface area contributed by atoms with Crippen molar-refractivity contribution in [1.29, 1.82) is 0 Å². The van der Waals surface area contributed by atoms with Crippen molar-refractivity contribution in [1.82, 2.24) is 15.1 Å². The Morgan fingerprint density at radius 3 is 2.47 bits per heavy atom. The quantitative estimate of drug-likeness (QED) is 0.781. The zero-order valence-electron chi connectivity index (χ0n) is 11.2. The molecular formula is C14H27N3. The Bertz CT molecular complexity index is 242. The van der Waals surface area contributed by atoms with E-state index in [0.717, 1.165) is 18.1 Å². The van der Waals surface area contributed by atoms with Gasteiger partial charge >= 0.3 is 0 Å². The topological polar surface area (TPSA) is 18.5 Å². The van der Waals surface area contributed by atoms with E-state index in [9.17, 15) is 0 Å². The molecule has 3 nitrogen and oxygen atoms in total. The molecule has 3 saturated heterocycles. The van der Waals surface area contributed by atoms with Gasteiger partial charge in [0.25, 0.3) is 0 Å². The third kappa shape index (κ3) is 2.51. The smallest absolute Gasteiger partial charge is 0.0252 e. The normalized spacial score (nSPS) is 37.9. The summed E-state index contributed by atoms with van der Waals surface area (Å²) >= 11 is 0. The Morgan fingerprint density at radius 1 is 0.941 bits per heavy atom. The maximum absolute atomic E-state index is 3.72. The summed E-state index contributed by atoms with van der Waals surface area (Å²) in [6, 6.07) is 2.53. The summed E-state index contributed by atoms with van der Waals surface area (Å²) in [4.78, 5) is 5.34. The fourth-order valence-corrected chi connectivity index (χ4v) is 4.07. The minimum Gasteiger partial charge on any atom is -0.312 e. The third-order valence-corrected chi connectivity index (χ3v) is 5.06. The molecule has 3 heterocycles. The molecule has 0 aromatic heterocycles. The highest BCUT2D eigenvalue weighted by Crippen LogP contribution is 2.29. The first-order valence-electron chi connectivity index (χ1n) is 7.52. The lowest BCUT2D eigenvalue weighted by molar-refractivity contribution is 0.0963. The number of hydrogen-bond acceptors (Lipinski definition) is 3. The molecule has 0 aromatic carbocycles. The molecule has 17 heavy (non-hydrogen) atoms. The summed E-state index contributed by atoms with van der Waals surface area (Å²) in [5.74, 6) is 0. The van der Waals surface area contributed by atoms with Gasteiger partial charge in [-0.3, -0.25) is 4.90 Å². The SMILES string of the molecule is CN1CCC(N2CCCC2C2CCCN2)CC1. The van der Waals surface area contributed by atoms with Crippen LogP contribution in [-0.4, -0.2) is 61.2 Å². The molecule has 98 valence electrons. The summed E-state index contributed by atoms with van der Waals surface area (Å²) in [5, 5.41) is 3.72. The van der Waals surface area contributed by atoms with Crippen molar-refractivity contribution >= 4 is 0 Å². The molecule has 2 atom stereocenters. The first-order valence-corrected chi connectivity index (χ1v) is 7.52. The fourth-order valence-electron chi connectivity index (χ4n) is 4.07. The van der Waals surface area contributed by atoms with Crippen molar-refractivity contribution in [2.24, 2.45) is 0 Å². The minimum atomic E-state index is 0.803. The molecule has 0 spiro atoms. The number of nitrogens with one attached hydrogen (secondary N) is 1. The van der Waals surface area contributed by atoms with Crippen molar-refractivity contribution < 1.29 is 0 Å². The van der Waals surface area contributed by atoms with E-state index in [-0.39, 0.29) is 0 Å². The van der Waals surface area contributed by atoms with E-state index in [1.165, 1.54) is 64.7 Å². The largest absolute Gasteiger partial charge is 0.312 e. The molecule has 3 heteroatoms. The van der Waals surface area contributed by atoms with Crippen LogP contribution in [0.5, 0.6) is 0 Å². The highest BCUT2D eigenvalue weighted by Gasteiger charge is 2.37. The second kappa shape index (κ2) is 5.25. The zero-order valence-corrected chi connectivity index (χ0v) is 11.2. The van der Waals surface area contributed by atoms with E-state index >= 15 is 0 Å². The number of likely N-dealkylation sites (tertiary alicyclic amines) is 2. The van der Waals surface area contributed by atoms with Gasteiger partial charge in [0.1, 0.15) is 0 Å². The molecule has 3 aliphatic rings. The van der Waals surface area contributed by atoms with Gasteiger partial charge in [-0.05, 0) is 71.8 Å². The van der Waals surface area contributed by atoms with Gasteiger partial charge in [-0.1, -0.05) is 0 Å². The fraction of sp³-hybridized carbons (Fsp3) is 1.00. The first kappa shape index (κ1) is 11.9. The van der Waals surface area contributed by atoms with Crippen LogP contribution in [0.4, 0.5) is 0 Å². The third-order valence-electron chi connectivity index (χ3n) is 5.06. The van der Waals surface area contributed by atoms with Crippen molar-refractivity contribution in [2.75, 3.05) is 33.2 Å². The maximum Gasteiger partial charge on any atom is 0.0252 e. The molecule has 0 radical (unpaired) electrons. The molecular weight excluding hydrogens is 210 g/mol. The minimum absolute atomic E-state index is 0.803. The lowest BCUT2D eigenvalue weighted by atomic mass is 9.98. The number of piperidine rings is 1. The highest BCUT2D eigenvalue weighted by molar-refractivity contribution is 4.95. The molecule has 1 N–H and O–H groups in total. The molecule has 0 aliphatic carbocycles. The number of rotatable bonds is 2. The molecule has 0 amide bonds. The Hall–Kier alpha value is -0.120. The van der Waals surface area contributed by atoms with Crippen LogP contribution in [0, 0.1) is 0 Å². The van der Waals surface area contributed by atoms with Gasteiger partial charge in [-0.15, -0.1) is 0 Å². The van der Waals surface area contributed by atoms with Crippen LogP contribution < -0.4 is 5.32 Å². The van der Waals surface area contributed by atoms with Crippen LogP contribution in [0.3, 0.4) is 0 Å². The van der Waals surface area contributed by atoms with E-state index in [4.69, 9.17) is 0 Å². The predicted octanol–water partition coefficient (Wildman–Crippen LogP) is 1.30. The lowest BCUT2D eigenvalue weighted by Crippen LogP contribution is -2.51. The summed E-state index contributed by atoms with van der Waals surface area (Å²) in [5.41, 5.74) is 0. The Labute approximate surface area is 106 Å². The lowest BCUT2D eigenvalue weighted by Gasteiger charge is -2.40. The standard InChI is InChI=1S/C14H27N3/c1-16-10-6-12(7-11-16)17-9-3-5-14(17)13-4-2-8-15-13/h12-15H,2-11H2,1H3. The summed E-state index contributed by atoms with van der Waals surface area (Å²) in [6.45, 7) is 5.21. The first-order chi connectivity index (χ1) is 8.34. The number of nitrogens with zero attached hydrogens (tertiary/aromatic N) is 2. The Kier molecular flexibility index (Phi) is 3.69. The Morgan fingerprint density at radius 2 is 1.76 bits per heavy atom. The van der Waals surface area contributed by atoms with E-state index < -0.39 is 0 Å². The number of hydrogen-bond donors (Lipinski definition) is 1. The average Bonchev–Trinajstić information content (AvgIpc) is 3.00. The monoisotopic (exact) mass is 237 g/mol. The molecule has 0 saturated carbocycles. The van der Waals surface area contributed by atoms with Crippen LogP contribution in [0.1, 0.15) is 38.5 Å². The Balaban J connectivity index is 1.61. The van der Waals surface area contributed by atoms with Crippen LogP contribution in [0.2, 0.25) is 0 Å². The van der Waals surface area contributed by atoms with Gasteiger partial charge in [-0.25, -0.2) is 0 Å². The van der Waals surface area contributed by atoms with E-state index in [1.54, 1.807) is 0 Å². The molecule has 3 fully saturated rings. The van der Waals surface area contributed by atoms with Gasteiger partial charge in [0.05, 0.1) is 0 Å². The average molecular weight is 237 g/mol. The van der Waals surface area contributed by atoms with Crippen LogP contribution in [-0.2, 0) is 0 Å². The van der Waals surface area contributed by atoms with E-state index in [1.807, 2.05) is 0 Å².